The van der Waals surface area contributed by atoms with E-state index in [1.54, 1.807) is 85.7 Å². The van der Waals surface area contributed by atoms with Crippen LogP contribution in [0.1, 0.15) is 108 Å². The largest absolute Gasteiger partial charge is 0.459 e. The van der Waals surface area contributed by atoms with Gasteiger partial charge in [-0.1, -0.05) is 45.9 Å². The van der Waals surface area contributed by atoms with Crippen molar-refractivity contribution in [2.24, 2.45) is 17.8 Å². The second kappa shape index (κ2) is 22.6. The summed E-state index contributed by atoms with van der Waals surface area (Å²) in [5.41, 5.74) is -5.99. The Kier molecular flexibility index (Phi) is 19.3. The number of hydrogen-bond donors (Lipinski definition) is 8. The van der Waals surface area contributed by atoms with Crippen LogP contribution in [0.4, 0.5) is 5.69 Å². The molecule has 0 bridgehead atoms. The summed E-state index contributed by atoms with van der Waals surface area (Å²) in [6.07, 6.45) is -9.30. The van der Waals surface area contributed by atoms with Gasteiger partial charge in [-0.05, 0) is 105 Å². The standard InChI is InChI=1S/C46H82N4O14S/c1-14-21-47-26-46(56)32(8)61-36(24-44(46,10)59-13)63-38-29(5)40(64-42-37(51)34(22-28(4)60-42)50(12)65(57,58)49-33-19-17-16-18-20-33)43(9,54)23-27(3)25-48-31(7)39(52)45(11,55)35(15-2)62-41(53)30(38)6/h16-20,27-32,34-40,42,47-49,51-52,54-56H,14-15,21-26H2,1-13H3/t27?,28-,29?,30?,31?,32+,34+,35?,36+,37-,38?,39?,40?,42+,43?,44-,45?,46+/m1/s1. The van der Waals surface area contributed by atoms with Gasteiger partial charge in [0.2, 0.25) is 0 Å². The number of nitrogens with zero attached hydrogens (tertiary/aromatic N) is 1. The number of aliphatic hydroxyl groups is 5. The Hall–Kier alpha value is -2.08. The van der Waals surface area contributed by atoms with E-state index in [9.17, 15) is 38.7 Å². The molecule has 0 spiro atoms. The van der Waals surface area contributed by atoms with E-state index in [1.807, 2.05) is 13.8 Å². The molecule has 3 aliphatic rings. The minimum atomic E-state index is -4.19. The number of carbonyl (C=O) groups excluding carboxylic acids is 1. The Morgan fingerprint density at radius 3 is 2.20 bits per heavy atom. The van der Waals surface area contributed by atoms with Crippen molar-refractivity contribution in [2.75, 3.05) is 38.5 Å². The Morgan fingerprint density at radius 1 is 0.954 bits per heavy atom. The number of likely N-dealkylation sites (N-methyl/N-ethyl adjacent to an activating group) is 1. The maximum Gasteiger partial charge on any atom is 0.311 e. The number of esters is 1. The predicted octanol–water partition coefficient (Wildman–Crippen LogP) is 2.66. The van der Waals surface area contributed by atoms with Crippen molar-refractivity contribution >= 4 is 21.9 Å². The van der Waals surface area contributed by atoms with Gasteiger partial charge in [0.05, 0.1) is 42.0 Å². The molecule has 10 unspecified atom stereocenters. The highest BCUT2D eigenvalue weighted by Gasteiger charge is 2.58. The zero-order valence-electron chi connectivity index (χ0n) is 40.9. The number of carbonyl (C=O) groups is 1. The van der Waals surface area contributed by atoms with Crippen LogP contribution >= 0.6 is 0 Å². The van der Waals surface area contributed by atoms with Crippen LogP contribution in [0.3, 0.4) is 0 Å². The summed E-state index contributed by atoms with van der Waals surface area (Å²) in [5.74, 6) is -3.13. The van der Waals surface area contributed by atoms with E-state index in [0.29, 0.717) is 12.2 Å². The number of methoxy groups -OCH3 is 1. The van der Waals surface area contributed by atoms with E-state index < -0.39 is 118 Å². The molecule has 0 radical (unpaired) electrons. The van der Waals surface area contributed by atoms with Gasteiger partial charge >= 0.3 is 16.2 Å². The van der Waals surface area contributed by atoms with Gasteiger partial charge in [0, 0.05) is 44.8 Å². The SMILES string of the molecule is CCCNC[C@]1(O)[C@H](C)O[C@@H](OC2C(C)C(=O)OC(CC)C(C)(O)C(O)C(C)NCC(C)CC(C)(O)C(O[C@@H]3O[C@H](C)C[C@H](N(C)S(=O)(=O)Nc4ccccc4)[C@H]3O)C2C)C[C@@]1(C)OC. The van der Waals surface area contributed by atoms with Crippen molar-refractivity contribution in [3.8, 4) is 0 Å². The van der Waals surface area contributed by atoms with E-state index in [0.717, 1.165) is 10.7 Å². The summed E-state index contributed by atoms with van der Waals surface area (Å²) in [6, 6.07) is 6.67. The molecule has 1 aromatic rings. The lowest BCUT2D eigenvalue weighted by Gasteiger charge is -2.53. The highest BCUT2D eigenvalue weighted by atomic mass is 32.2. The quantitative estimate of drug-likeness (QED) is 0.0987. The van der Waals surface area contributed by atoms with E-state index >= 15 is 0 Å². The van der Waals surface area contributed by atoms with E-state index in [1.165, 1.54) is 21.1 Å². The Balaban J connectivity index is 1.80. The zero-order valence-corrected chi connectivity index (χ0v) is 41.7. The van der Waals surface area contributed by atoms with Crippen LogP contribution in [-0.2, 0) is 43.4 Å². The summed E-state index contributed by atoms with van der Waals surface area (Å²) in [6.45, 7) is 20.0. The highest BCUT2D eigenvalue weighted by molar-refractivity contribution is 7.90. The molecular formula is C46H82N4O14S. The number of benzene rings is 1. The van der Waals surface area contributed by atoms with Crippen LogP contribution in [0, 0.1) is 17.8 Å². The number of ether oxygens (including phenoxy) is 6. The Labute approximate surface area is 387 Å². The number of hydrogen-bond acceptors (Lipinski definition) is 16. The number of cyclic esters (lactones) is 1. The van der Waals surface area contributed by atoms with Crippen LogP contribution in [0.5, 0.6) is 0 Å². The molecule has 0 aliphatic carbocycles. The van der Waals surface area contributed by atoms with Crippen molar-refractivity contribution in [1.29, 1.82) is 0 Å². The lowest BCUT2D eigenvalue weighted by Crippen LogP contribution is -2.70. The number of para-hydroxylation sites is 1. The van der Waals surface area contributed by atoms with Crippen molar-refractivity contribution in [3.63, 3.8) is 0 Å². The lowest BCUT2D eigenvalue weighted by molar-refractivity contribution is -0.336. The third-order valence-electron chi connectivity index (χ3n) is 14.2. The van der Waals surface area contributed by atoms with E-state index in [4.69, 9.17) is 28.4 Å². The lowest BCUT2D eigenvalue weighted by atomic mass is 9.75. The molecule has 3 fully saturated rings. The first-order valence-electron chi connectivity index (χ1n) is 23.3. The van der Waals surface area contributed by atoms with Crippen LogP contribution < -0.4 is 15.4 Å². The zero-order chi connectivity index (χ0) is 48.9. The molecule has 0 amide bonds. The van der Waals surface area contributed by atoms with Gasteiger partial charge in [-0.2, -0.15) is 12.7 Å². The number of anilines is 1. The van der Waals surface area contributed by atoms with Crippen molar-refractivity contribution in [1.82, 2.24) is 14.9 Å². The average Bonchev–Trinajstić information content (AvgIpc) is 3.24. The van der Waals surface area contributed by atoms with Gasteiger partial charge in [0.1, 0.15) is 35.1 Å². The van der Waals surface area contributed by atoms with Crippen molar-refractivity contribution < 1.29 is 67.2 Å². The molecule has 19 heteroatoms. The molecule has 1 aromatic carbocycles. The van der Waals surface area contributed by atoms with Crippen molar-refractivity contribution in [3.05, 3.63) is 30.3 Å². The number of rotatable bonds is 14. The van der Waals surface area contributed by atoms with Crippen LogP contribution in [0.25, 0.3) is 0 Å². The fraction of sp³-hybridized carbons (Fsp3) is 0.848. The van der Waals surface area contributed by atoms with Gasteiger partial charge < -0.3 is 64.6 Å². The van der Waals surface area contributed by atoms with E-state index in [-0.39, 0.29) is 44.7 Å². The van der Waals surface area contributed by atoms with Gasteiger partial charge in [0.15, 0.2) is 12.6 Å². The van der Waals surface area contributed by atoms with Gasteiger partial charge in [0.25, 0.3) is 0 Å². The summed E-state index contributed by atoms with van der Waals surface area (Å²) in [5, 5.41) is 66.6. The predicted molar refractivity (Wildman–Crippen MR) is 245 cm³/mol. The second-order valence-corrected chi connectivity index (χ2v) is 21.4. The molecule has 4 rings (SSSR count). The molecule has 3 heterocycles. The summed E-state index contributed by atoms with van der Waals surface area (Å²) >= 11 is 0. The second-order valence-electron chi connectivity index (χ2n) is 19.7. The molecule has 0 aromatic heterocycles. The molecule has 0 saturated carbocycles. The van der Waals surface area contributed by atoms with Gasteiger partial charge in [-0.15, -0.1) is 0 Å². The molecule has 3 aliphatic heterocycles. The first-order chi connectivity index (χ1) is 30.2. The molecule has 8 N–H and O–H groups in total. The Bertz CT molecular complexity index is 1760. The van der Waals surface area contributed by atoms with Crippen molar-refractivity contribution in [2.45, 2.75) is 198 Å². The first kappa shape index (κ1) is 55.5. The topological polar surface area (TPSA) is 247 Å². The Morgan fingerprint density at radius 2 is 1.60 bits per heavy atom. The van der Waals surface area contributed by atoms with Gasteiger partial charge in [-0.25, -0.2) is 0 Å². The number of nitrogens with one attached hydrogen (secondary N) is 3. The summed E-state index contributed by atoms with van der Waals surface area (Å²) in [4.78, 5) is 14.5. The third kappa shape index (κ3) is 12.8. The molecule has 376 valence electrons. The monoisotopic (exact) mass is 947 g/mol. The number of aliphatic hydroxyl groups excluding tert-OH is 2. The summed E-state index contributed by atoms with van der Waals surface area (Å²) in [7, 11) is -1.33. The maximum atomic E-state index is 14.5. The van der Waals surface area contributed by atoms with Gasteiger partial charge in [-0.3, -0.25) is 9.52 Å². The third-order valence-corrected chi connectivity index (χ3v) is 15.7. The first-order valence-corrected chi connectivity index (χ1v) is 24.8. The minimum Gasteiger partial charge on any atom is -0.459 e. The maximum absolute atomic E-state index is 14.5. The molecule has 65 heavy (non-hydrogen) atoms. The smallest absolute Gasteiger partial charge is 0.311 e. The fourth-order valence-corrected chi connectivity index (χ4v) is 11.1. The van der Waals surface area contributed by atoms with Crippen LogP contribution in [0.2, 0.25) is 0 Å². The average molecular weight is 947 g/mol. The van der Waals surface area contributed by atoms with Crippen LogP contribution in [0.15, 0.2) is 30.3 Å². The normalized spacial score (nSPS) is 43.0. The molecule has 18 nitrogen and oxygen atoms in total. The molecule has 18 atom stereocenters. The molecule has 3 saturated heterocycles. The molecular weight excluding hydrogens is 865 g/mol. The van der Waals surface area contributed by atoms with E-state index in [2.05, 4.69) is 15.4 Å². The highest BCUT2D eigenvalue weighted by Crippen LogP contribution is 2.43. The fourth-order valence-electron chi connectivity index (χ4n) is 9.96. The van der Waals surface area contributed by atoms with Crippen LogP contribution in [-0.4, -0.2) is 168 Å². The summed E-state index contributed by atoms with van der Waals surface area (Å²) < 4.78 is 69.4. The minimum absolute atomic E-state index is 0.0194.